The summed E-state index contributed by atoms with van der Waals surface area (Å²) in [7, 11) is 1.68. The third-order valence-corrected chi connectivity index (χ3v) is 2.40. The van der Waals surface area contributed by atoms with E-state index in [4.69, 9.17) is 15.2 Å². The van der Waals surface area contributed by atoms with Gasteiger partial charge in [-0.3, -0.25) is 0 Å². The summed E-state index contributed by atoms with van der Waals surface area (Å²) in [5, 5.41) is 0. The second kappa shape index (κ2) is 6.09. The van der Waals surface area contributed by atoms with Crippen LogP contribution in [0.3, 0.4) is 0 Å². The molecule has 0 radical (unpaired) electrons. The summed E-state index contributed by atoms with van der Waals surface area (Å²) in [6, 6.07) is 1.50. The third kappa shape index (κ3) is 3.26. The molecule has 1 unspecified atom stereocenters. The molecule has 0 bridgehead atoms. The lowest BCUT2D eigenvalue weighted by molar-refractivity contribution is -0.153. The van der Waals surface area contributed by atoms with E-state index in [9.17, 15) is 9.59 Å². The first-order valence-electron chi connectivity index (χ1n) is 5.79. The van der Waals surface area contributed by atoms with Gasteiger partial charge in [-0.05, 0) is 19.4 Å². The van der Waals surface area contributed by atoms with Crippen LogP contribution in [0.4, 0.5) is 5.69 Å². The zero-order valence-corrected chi connectivity index (χ0v) is 10.8. The molecule has 0 saturated heterocycles. The Kier molecular flexibility index (Phi) is 4.76. The molecule has 1 atom stereocenters. The Morgan fingerprint density at radius 2 is 2.11 bits per heavy atom. The Morgan fingerprint density at radius 1 is 1.44 bits per heavy atom. The van der Waals surface area contributed by atoms with Crippen LogP contribution in [-0.2, 0) is 21.3 Å². The van der Waals surface area contributed by atoms with E-state index in [0.717, 1.165) is 0 Å². The highest BCUT2D eigenvalue weighted by Gasteiger charge is 2.24. The smallest absolute Gasteiger partial charge is 0.355 e. The maximum Gasteiger partial charge on any atom is 0.355 e. The van der Waals surface area contributed by atoms with Gasteiger partial charge in [-0.15, -0.1) is 0 Å². The van der Waals surface area contributed by atoms with E-state index in [-0.39, 0.29) is 6.61 Å². The first-order chi connectivity index (χ1) is 8.49. The predicted octanol–water partition coefficient (Wildman–Crippen LogP) is 1.11. The van der Waals surface area contributed by atoms with E-state index >= 15 is 0 Å². The maximum atomic E-state index is 11.9. The minimum absolute atomic E-state index is 0.254. The van der Waals surface area contributed by atoms with Crippen LogP contribution < -0.4 is 5.73 Å². The van der Waals surface area contributed by atoms with Crippen molar-refractivity contribution in [3.63, 3.8) is 0 Å². The highest BCUT2D eigenvalue weighted by molar-refractivity contribution is 5.91. The van der Waals surface area contributed by atoms with Gasteiger partial charge in [-0.1, -0.05) is 6.92 Å². The van der Waals surface area contributed by atoms with E-state index in [2.05, 4.69) is 0 Å². The fourth-order valence-electron chi connectivity index (χ4n) is 1.52. The lowest BCUT2D eigenvalue weighted by Crippen LogP contribution is -2.29. The van der Waals surface area contributed by atoms with Gasteiger partial charge in [0.05, 0.1) is 12.3 Å². The van der Waals surface area contributed by atoms with Gasteiger partial charge in [-0.25, -0.2) is 9.59 Å². The van der Waals surface area contributed by atoms with Crippen molar-refractivity contribution in [3.05, 3.63) is 18.0 Å². The van der Waals surface area contributed by atoms with Crippen LogP contribution in [0.2, 0.25) is 0 Å². The molecular weight excluding hydrogens is 236 g/mol. The van der Waals surface area contributed by atoms with Crippen molar-refractivity contribution in [3.8, 4) is 0 Å². The number of nitrogen functional groups attached to an aromatic ring is 1. The molecule has 6 nitrogen and oxygen atoms in total. The number of ether oxygens (including phenoxy) is 2. The number of rotatable bonds is 5. The molecule has 1 rings (SSSR count). The van der Waals surface area contributed by atoms with Gasteiger partial charge in [0.15, 0.2) is 6.10 Å². The summed E-state index contributed by atoms with van der Waals surface area (Å²) < 4.78 is 11.5. The van der Waals surface area contributed by atoms with Crippen LogP contribution in [0, 0.1) is 0 Å². The van der Waals surface area contributed by atoms with Crippen LogP contribution >= 0.6 is 0 Å². The number of hydrogen-bond acceptors (Lipinski definition) is 5. The highest BCUT2D eigenvalue weighted by Crippen LogP contribution is 2.12. The molecular formula is C12H18N2O4. The van der Waals surface area contributed by atoms with Gasteiger partial charge >= 0.3 is 11.9 Å². The van der Waals surface area contributed by atoms with Gasteiger partial charge in [0.25, 0.3) is 0 Å². The zero-order chi connectivity index (χ0) is 13.7. The Labute approximate surface area is 106 Å². The second-order valence-corrected chi connectivity index (χ2v) is 3.82. The van der Waals surface area contributed by atoms with E-state index < -0.39 is 18.0 Å². The monoisotopic (exact) mass is 254 g/mol. The van der Waals surface area contributed by atoms with E-state index in [1.165, 1.54) is 6.07 Å². The molecule has 6 heteroatoms. The third-order valence-electron chi connectivity index (χ3n) is 2.40. The minimum atomic E-state index is -0.881. The van der Waals surface area contributed by atoms with Gasteiger partial charge in [0.2, 0.25) is 0 Å². The molecule has 18 heavy (non-hydrogen) atoms. The average molecular weight is 254 g/mol. The highest BCUT2D eigenvalue weighted by atomic mass is 16.6. The number of nitrogens with zero attached hydrogens (tertiary/aromatic N) is 1. The Hall–Kier alpha value is -1.98. The summed E-state index contributed by atoms with van der Waals surface area (Å²) in [4.78, 5) is 23.4. The topological polar surface area (TPSA) is 83.6 Å². The summed E-state index contributed by atoms with van der Waals surface area (Å²) in [5.41, 5.74) is 6.34. The molecule has 0 aliphatic rings. The fourth-order valence-corrected chi connectivity index (χ4v) is 1.52. The first-order valence-corrected chi connectivity index (χ1v) is 5.79. The SMILES string of the molecule is CCOC(=O)C(CC)OC(=O)c1cc(N)cn1C. The molecule has 0 saturated carbocycles. The van der Waals surface area contributed by atoms with Crippen molar-refractivity contribution in [2.24, 2.45) is 7.05 Å². The van der Waals surface area contributed by atoms with Crippen LogP contribution in [0.25, 0.3) is 0 Å². The van der Waals surface area contributed by atoms with Crippen molar-refractivity contribution < 1.29 is 19.1 Å². The van der Waals surface area contributed by atoms with Crippen molar-refractivity contribution >= 4 is 17.6 Å². The number of nitrogens with two attached hydrogens (primary N) is 1. The number of carbonyl (C=O) groups excluding carboxylic acids is 2. The van der Waals surface area contributed by atoms with Gasteiger partial charge < -0.3 is 19.8 Å². The molecule has 2 N–H and O–H groups in total. The van der Waals surface area contributed by atoms with Gasteiger partial charge in [-0.2, -0.15) is 0 Å². The molecule has 1 heterocycles. The molecule has 0 aliphatic heterocycles. The fraction of sp³-hybridized carbons (Fsp3) is 0.500. The molecule has 0 aliphatic carbocycles. The number of carbonyl (C=O) groups is 2. The number of aromatic nitrogens is 1. The minimum Gasteiger partial charge on any atom is -0.463 e. The summed E-state index contributed by atoms with van der Waals surface area (Å²) in [5.74, 6) is -1.12. The largest absolute Gasteiger partial charge is 0.463 e. The van der Waals surface area contributed by atoms with Crippen LogP contribution in [0.15, 0.2) is 12.3 Å². The Bertz CT molecular complexity index is 439. The molecule has 1 aromatic rings. The van der Waals surface area contributed by atoms with Gasteiger partial charge in [0.1, 0.15) is 5.69 Å². The maximum absolute atomic E-state index is 11.9. The summed E-state index contributed by atoms with van der Waals surface area (Å²) in [6.45, 7) is 3.70. The number of hydrogen-bond donors (Lipinski definition) is 1. The lowest BCUT2D eigenvalue weighted by Gasteiger charge is -2.14. The molecule has 0 aromatic carbocycles. The predicted molar refractivity (Wildman–Crippen MR) is 66.0 cm³/mol. The van der Waals surface area contributed by atoms with Crippen LogP contribution in [0.5, 0.6) is 0 Å². The molecule has 0 spiro atoms. The van der Waals surface area contributed by atoms with E-state index in [0.29, 0.717) is 17.8 Å². The van der Waals surface area contributed by atoms with Crippen LogP contribution in [0.1, 0.15) is 30.8 Å². The molecule has 1 aromatic heterocycles. The zero-order valence-electron chi connectivity index (χ0n) is 10.8. The number of anilines is 1. The van der Waals surface area contributed by atoms with Crippen molar-refractivity contribution in [2.75, 3.05) is 12.3 Å². The molecule has 0 amide bonds. The summed E-state index contributed by atoms with van der Waals surface area (Å²) in [6.07, 6.45) is 1.08. The molecule has 0 fully saturated rings. The van der Waals surface area contributed by atoms with E-state index in [1.54, 1.807) is 31.7 Å². The second-order valence-electron chi connectivity index (χ2n) is 3.82. The van der Waals surface area contributed by atoms with Crippen molar-refractivity contribution in [1.29, 1.82) is 0 Å². The quantitative estimate of drug-likeness (QED) is 0.796. The van der Waals surface area contributed by atoms with Crippen LogP contribution in [-0.4, -0.2) is 29.2 Å². The normalized spacial score (nSPS) is 11.9. The summed E-state index contributed by atoms with van der Waals surface area (Å²) >= 11 is 0. The standard InChI is InChI=1S/C12H18N2O4/c1-4-10(12(16)17-5-2)18-11(15)9-6-8(13)7-14(9)3/h6-7,10H,4-5,13H2,1-3H3. The van der Waals surface area contributed by atoms with E-state index in [1.807, 2.05) is 0 Å². The Morgan fingerprint density at radius 3 is 2.56 bits per heavy atom. The first kappa shape index (κ1) is 14.1. The lowest BCUT2D eigenvalue weighted by atomic mass is 10.3. The average Bonchev–Trinajstić information content (AvgIpc) is 2.65. The number of aryl methyl sites for hydroxylation is 1. The van der Waals surface area contributed by atoms with Crippen molar-refractivity contribution in [1.82, 2.24) is 4.57 Å². The molecule has 100 valence electrons. The number of esters is 2. The Balaban J connectivity index is 2.73. The van der Waals surface area contributed by atoms with Crippen molar-refractivity contribution in [2.45, 2.75) is 26.4 Å². The van der Waals surface area contributed by atoms with Gasteiger partial charge in [0, 0.05) is 13.2 Å².